The molecule has 2 aromatic carbocycles. The second-order valence-corrected chi connectivity index (χ2v) is 8.87. The number of carbonyl (C=O) groups is 1. The fraction of sp³-hybridized carbons (Fsp3) is 0.444. The van der Waals surface area contributed by atoms with Crippen LogP contribution in [-0.4, -0.2) is 50.3 Å². The minimum atomic E-state index is -0.593. The van der Waals surface area contributed by atoms with Gasteiger partial charge < -0.3 is 20.3 Å². The third kappa shape index (κ3) is 5.59. The maximum atomic E-state index is 12.9. The highest BCUT2D eigenvalue weighted by Crippen LogP contribution is 2.44. The van der Waals surface area contributed by atoms with E-state index < -0.39 is 11.5 Å². The molecule has 0 radical (unpaired) electrons. The van der Waals surface area contributed by atoms with Crippen molar-refractivity contribution < 1.29 is 9.53 Å². The molecule has 172 valence electrons. The summed E-state index contributed by atoms with van der Waals surface area (Å²) in [5, 5.41) is 6.37. The SMILES string of the molecule is C/C=C(\OC(=O)NCC1CCCN1)C(CC(C)N(C)C)(c1ccccc1)c1ccccc1. The van der Waals surface area contributed by atoms with E-state index in [0.717, 1.165) is 36.9 Å². The van der Waals surface area contributed by atoms with Gasteiger partial charge in [0.1, 0.15) is 5.76 Å². The number of ether oxygens (including phenoxy) is 1. The largest absolute Gasteiger partial charge is 0.414 e. The Morgan fingerprint density at radius 1 is 1.16 bits per heavy atom. The Balaban J connectivity index is 1.99. The Bertz CT molecular complexity index is 835. The van der Waals surface area contributed by atoms with Crippen LogP contribution in [0.2, 0.25) is 0 Å². The van der Waals surface area contributed by atoms with Gasteiger partial charge in [-0.2, -0.15) is 0 Å². The highest BCUT2D eigenvalue weighted by Gasteiger charge is 2.42. The van der Waals surface area contributed by atoms with Crippen LogP contribution in [0.5, 0.6) is 0 Å². The smallest absolute Gasteiger partial charge is 0.412 e. The van der Waals surface area contributed by atoms with Gasteiger partial charge in [0.05, 0.1) is 5.41 Å². The van der Waals surface area contributed by atoms with Gasteiger partial charge in [-0.1, -0.05) is 60.7 Å². The van der Waals surface area contributed by atoms with E-state index in [2.05, 4.69) is 60.8 Å². The lowest BCUT2D eigenvalue weighted by Crippen LogP contribution is -2.42. The number of benzene rings is 2. The Kier molecular flexibility index (Phi) is 8.48. The summed E-state index contributed by atoms with van der Waals surface area (Å²) in [5.74, 6) is 0.653. The number of carbonyl (C=O) groups excluding carboxylic acids is 1. The third-order valence-electron chi connectivity index (χ3n) is 6.56. The van der Waals surface area contributed by atoms with Crippen LogP contribution in [-0.2, 0) is 10.2 Å². The van der Waals surface area contributed by atoms with Crippen molar-refractivity contribution in [2.75, 3.05) is 27.2 Å². The number of amides is 1. The van der Waals surface area contributed by atoms with Crippen molar-refractivity contribution in [2.45, 2.75) is 50.6 Å². The lowest BCUT2D eigenvalue weighted by Gasteiger charge is -2.39. The van der Waals surface area contributed by atoms with Crippen molar-refractivity contribution in [3.63, 3.8) is 0 Å². The summed E-state index contributed by atoms with van der Waals surface area (Å²) in [6.45, 7) is 5.74. The molecule has 0 spiro atoms. The molecule has 1 aliphatic rings. The van der Waals surface area contributed by atoms with Crippen LogP contribution in [0.3, 0.4) is 0 Å². The van der Waals surface area contributed by atoms with E-state index in [1.807, 2.05) is 49.4 Å². The van der Waals surface area contributed by atoms with E-state index >= 15 is 0 Å². The second kappa shape index (κ2) is 11.3. The van der Waals surface area contributed by atoms with Crippen LogP contribution in [0.15, 0.2) is 72.5 Å². The first-order valence-electron chi connectivity index (χ1n) is 11.6. The predicted octanol–water partition coefficient (Wildman–Crippen LogP) is 4.69. The Labute approximate surface area is 192 Å². The summed E-state index contributed by atoms with van der Waals surface area (Å²) in [4.78, 5) is 15.1. The van der Waals surface area contributed by atoms with Gasteiger partial charge in [0.15, 0.2) is 0 Å². The molecule has 0 saturated carbocycles. The van der Waals surface area contributed by atoms with Crippen LogP contribution in [0.1, 0.15) is 44.2 Å². The molecule has 1 aliphatic heterocycles. The Hall–Kier alpha value is -2.63. The van der Waals surface area contributed by atoms with Crippen LogP contribution >= 0.6 is 0 Å². The van der Waals surface area contributed by atoms with Crippen LogP contribution < -0.4 is 10.6 Å². The van der Waals surface area contributed by atoms with Gasteiger partial charge >= 0.3 is 6.09 Å². The molecule has 32 heavy (non-hydrogen) atoms. The Morgan fingerprint density at radius 3 is 2.22 bits per heavy atom. The second-order valence-electron chi connectivity index (χ2n) is 8.87. The van der Waals surface area contributed by atoms with Crippen molar-refractivity contribution >= 4 is 6.09 Å². The fourth-order valence-electron chi connectivity index (χ4n) is 4.52. The molecule has 2 atom stereocenters. The van der Waals surface area contributed by atoms with E-state index in [1.165, 1.54) is 0 Å². The molecular weight excluding hydrogens is 398 g/mol. The van der Waals surface area contributed by atoms with E-state index in [1.54, 1.807) is 0 Å². The topological polar surface area (TPSA) is 53.6 Å². The summed E-state index contributed by atoms with van der Waals surface area (Å²) in [7, 11) is 4.17. The summed E-state index contributed by atoms with van der Waals surface area (Å²) in [6.07, 6.45) is 4.53. The number of allylic oxidation sites excluding steroid dienone is 2. The molecule has 1 amide bonds. The van der Waals surface area contributed by atoms with Gasteiger partial charge in [-0.05, 0) is 71.0 Å². The first-order chi connectivity index (χ1) is 15.5. The van der Waals surface area contributed by atoms with Gasteiger partial charge in [0, 0.05) is 18.6 Å². The average Bonchev–Trinajstić information content (AvgIpc) is 3.34. The van der Waals surface area contributed by atoms with Crippen LogP contribution in [0.4, 0.5) is 4.79 Å². The molecule has 2 aromatic rings. The van der Waals surface area contributed by atoms with Gasteiger partial charge in [-0.25, -0.2) is 4.79 Å². The van der Waals surface area contributed by atoms with E-state index in [0.29, 0.717) is 18.3 Å². The zero-order chi connectivity index (χ0) is 23.0. The molecule has 1 saturated heterocycles. The quantitative estimate of drug-likeness (QED) is 0.561. The zero-order valence-corrected chi connectivity index (χ0v) is 19.8. The fourth-order valence-corrected chi connectivity index (χ4v) is 4.52. The van der Waals surface area contributed by atoms with E-state index in [4.69, 9.17) is 4.74 Å². The molecule has 1 heterocycles. The molecule has 3 rings (SSSR count). The third-order valence-corrected chi connectivity index (χ3v) is 6.56. The molecule has 2 N–H and O–H groups in total. The minimum Gasteiger partial charge on any atom is -0.414 e. The number of hydrogen-bond acceptors (Lipinski definition) is 4. The van der Waals surface area contributed by atoms with Crippen molar-refractivity contribution in [2.24, 2.45) is 0 Å². The molecule has 0 bridgehead atoms. The van der Waals surface area contributed by atoms with E-state index in [-0.39, 0.29) is 6.04 Å². The number of alkyl carbamates (subject to hydrolysis) is 1. The normalized spacial score (nSPS) is 17.9. The monoisotopic (exact) mass is 435 g/mol. The first kappa shape index (κ1) is 24.0. The molecule has 0 aromatic heterocycles. The van der Waals surface area contributed by atoms with E-state index in [9.17, 15) is 4.79 Å². The summed E-state index contributed by atoms with van der Waals surface area (Å²) in [5.41, 5.74) is 1.63. The number of nitrogens with one attached hydrogen (secondary N) is 2. The lowest BCUT2D eigenvalue weighted by atomic mass is 9.68. The molecule has 1 fully saturated rings. The lowest BCUT2D eigenvalue weighted by molar-refractivity contribution is 0.153. The van der Waals surface area contributed by atoms with Crippen LogP contribution in [0.25, 0.3) is 0 Å². The molecule has 0 aliphatic carbocycles. The summed E-state index contributed by atoms with van der Waals surface area (Å²) < 4.78 is 6.08. The average molecular weight is 436 g/mol. The molecule has 5 heteroatoms. The van der Waals surface area contributed by atoms with Gasteiger partial charge in [0.2, 0.25) is 0 Å². The van der Waals surface area contributed by atoms with Crippen LogP contribution in [0, 0.1) is 0 Å². The van der Waals surface area contributed by atoms with Crippen molar-refractivity contribution in [1.82, 2.24) is 15.5 Å². The maximum Gasteiger partial charge on any atom is 0.412 e. The Morgan fingerprint density at radius 2 is 1.75 bits per heavy atom. The van der Waals surface area contributed by atoms with Gasteiger partial charge in [0.25, 0.3) is 0 Å². The predicted molar refractivity (Wildman–Crippen MR) is 131 cm³/mol. The highest BCUT2D eigenvalue weighted by molar-refractivity contribution is 5.69. The molecule has 2 unspecified atom stereocenters. The minimum absolute atomic E-state index is 0.250. The summed E-state index contributed by atoms with van der Waals surface area (Å²) >= 11 is 0. The number of nitrogens with zero attached hydrogens (tertiary/aromatic N) is 1. The molecular formula is C27H37N3O2. The van der Waals surface area contributed by atoms with Gasteiger partial charge in [-0.15, -0.1) is 0 Å². The van der Waals surface area contributed by atoms with Crippen molar-refractivity contribution in [1.29, 1.82) is 0 Å². The zero-order valence-electron chi connectivity index (χ0n) is 19.8. The number of rotatable bonds is 9. The molecule has 5 nitrogen and oxygen atoms in total. The highest BCUT2D eigenvalue weighted by atomic mass is 16.6. The maximum absolute atomic E-state index is 12.9. The van der Waals surface area contributed by atoms with Crippen molar-refractivity contribution in [3.05, 3.63) is 83.6 Å². The number of hydrogen-bond donors (Lipinski definition) is 2. The van der Waals surface area contributed by atoms with Gasteiger partial charge in [-0.3, -0.25) is 0 Å². The standard InChI is InChI=1S/C27H37N3O2/c1-5-25(32-26(31)29-20-24-17-12-18-28-24)27(19-21(2)30(3)4,22-13-8-6-9-14-22)23-15-10-7-11-16-23/h5-11,13-16,21,24,28H,12,17-20H2,1-4H3,(H,29,31)/b25-5-. The first-order valence-corrected chi connectivity index (χ1v) is 11.6. The van der Waals surface area contributed by atoms with Crippen molar-refractivity contribution in [3.8, 4) is 0 Å². The summed E-state index contributed by atoms with van der Waals surface area (Å²) in [6, 6.07) is 21.3.